The van der Waals surface area contributed by atoms with E-state index in [-0.39, 0.29) is 17.9 Å². The van der Waals surface area contributed by atoms with Gasteiger partial charge >= 0.3 is 0 Å². The summed E-state index contributed by atoms with van der Waals surface area (Å²) in [5, 5.41) is 6.41. The number of carbonyl (C=O) groups excluding carboxylic acids is 2. The number of hydrogen-bond donors (Lipinski definition) is 2. The number of fused-ring (bicyclic) bond motifs is 3. The van der Waals surface area contributed by atoms with Gasteiger partial charge in [-0.1, -0.05) is 41.9 Å². The van der Waals surface area contributed by atoms with Crippen LogP contribution in [0.3, 0.4) is 0 Å². The summed E-state index contributed by atoms with van der Waals surface area (Å²) >= 11 is 6.14. The van der Waals surface area contributed by atoms with E-state index in [2.05, 4.69) is 27.8 Å². The quantitative estimate of drug-likeness (QED) is 0.677. The number of aromatic nitrogens is 2. The minimum Gasteiger partial charge on any atom is -0.344 e. The van der Waals surface area contributed by atoms with E-state index < -0.39 is 5.54 Å². The zero-order valence-corrected chi connectivity index (χ0v) is 17.0. The highest BCUT2D eigenvalue weighted by atomic mass is 35.5. The lowest BCUT2D eigenvalue weighted by molar-refractivity contribution is -0.124. The molecule has 0 unspecified atom stereocenters. The van der Waals surface area contributed by atoms with Gasteiger partial charge in [-0.2, -0.15) is 0 Å². The Morgan fingerprint density at radius 2 is 1.87 bits per heavy atom. The van der Waals surface area contributed by atoms with Gasteiger partial charge in [0.25, 0.3) is 5.91 Å². The summed E-state index contributed by atoms with van der Waals surface area (Å²) in [6.45, 7) is 0. The topological polar surface area (TPSA) is 76.0 Å². The van der Waals surface area contributed by atoms with Gasteiger partial charge in [0.2, 0.25) is 5.91 Å². The third-order valence-electron chi connectivity index (χ3n) is 5.90. The molecular weight excluding hydrogens is 400 g/mol. The Hall–Kier alpha value is -3.12. The van der Waals surface area contributed by atoms with Crippen LogP contribution in [0.25, 0.3) is 5.69 Å². The molecule has 2 aromatic carbocycles. The van der Waals surface area contributed by atoms with Gasteiger partial charge in [0.1, 0.15) is 11.4 Å². The highest BCUT2D eigenvalue weighted by Gasteiger charge is 2.52. The predicted octanol–water partition coefficient (Wildman–Crippen LogP) is 3.59. The second kappa shape index (κ2) is 7.29. The van der Waals surface area contributed by atoms with E-state index in [1.54, 1.807) is 30.5 Å². The first-order chi connectivity index (χ1) is 14.6. The molecule has 1 saturated carbocycles. The molecule has 1 fully saturated rings. The van der Waals surface area contributed by atoms with E-state index in [0.29, 0.717) is 23.4 Å². The van der Waals surface area contributed by atoms with Gasteiger partial charge in [0.15, 0.2) is 0 Å². The molecule has 2 heterocycles. The first-order valence-electron chi connectivity index (χ1n) is 10.1. The van der Waals surface area contributed by atoms with Gasteiger partial charge in [-0.05, 0) is 49.4 Å². The average Bonchev–Trinajstić information content (AvgIpc) is 3.41. The number of hydrogen-bond acceptors (Lipinski definition) is 3. The molecule has 5 rings (SSSR count). The summed E-state index contributed by atoms with van der Waals surface area (Å²) in [7, 11) is 0. The molecule has 2 N–H and O–H groups in total. The average molecular weight is 421 g/mol. The van der Waals surface area contributed by atoms with Crippen LogP contribution in [0, 0.1) is 0 Å². The fraction of sp³-hybridized carbons (Fsp3) is 0.261. The summed E-state index contributed by atoms with van der Waals surface area (Å²) in [6, 6.07) is 14.8. The fourth-order valence-corrected chi connectivity index (χ4v) is 4.28. The number of imidazole rings is 1. The van der Waals surface area contributed by atoms with Gasteiger partial charge < -0.3 is 15.2 Å². The second-order valence-electron chi connectivity index (χ2n) is 7.86. The van der Waals surface area contributed by atoms with Crippen LogP contribution in [-0.4, -0.2) is 26.9 Å². The molecule has 7 heteroatoms. The van der Waals surface area contributed by atoms with Crippen LogP contribution in [0.2, 0.25) is 5.02 Å². The number of para-hydroxylation sites is 1. The molecule has 30 heavy (non-hydrogen) atoms. The Bertz CT molecular complexity index is 1140. The Balaban J connectivity index is 1.35. The molecule has 0 bridgehead atoms. The van der Waals surface area contributed by atoms with Crippen molar-refractivity contribution in [1.29, 1.82) is 0 Å². The van der Waals surface area contributed by atoms with Gasteiger partial charge in [-0.3, -0.25) is 9.59 Å². The van der Waals surface area contributed by atoms with E-state index in [1.807, 2.05) is 22.9 Å². The third kappa shape index (κ3) is 3.27. The van der Waals surface area contributed by atoms with Gasteiger partial charge in [-0.25, -0.2) is 4.98 Å². The molecule has 0 saturated heterocycles. The summed E-state index contributed by atoms with van der Waals surface area (Å²) < 4.78 is 2.04. The van der Waals surface area contributed by atoms with Crippen molar-refractivity contribution in [3.63, 3.8) is 0 Å². The van der Waals surface area contributed by atoms with Crippen LogP contribution in [0.4, 0.5) is 0 Å². The molecule has 152 valence electrons. The van der Waals surface area contributed by atoms with Crippen molar-refractivity contribution in [3.05, 3.63) is 82.9 Å². The maximum Gasteiger partial charge on any atom is 0.253 e. The number of nitrogens with zero attached hydrogens (tertiary/aromatic N) is 2. The molecule has 1 aliphatic carbocycles. The van der Waals surface area contributed by atoms with Crippen LogP contribution in [0.1, 0.15) is 47.1 Å². The smallest absolute Gasteiger partial charge is 0.253 e. The van der Waals surface area contributed by atoms with Crippen LogP contribution in [0.5, 0.6) is 0 Å². The lowest BCUT2D eigenvalue weighted by Gasteiger charge is -2.22. The van der Waals surface area contributed by atoms with E-state index in [1.165, 1.54) is 5.56 Å². The van der Waals surface area contributed by atoms with E-state index in [4.69, 9.17) is 11.6 Å². The monoisotopic (exact) mass is 420 g/mol. The van der Waals surface area contributed by atoms with Crippen molar-refractivity contribution >= 4 is 23.4 Å². The van der Waals surface area contributed by atoms with Crippen molar-refractivity contribution in [2.24, 2.45) is 0 Å². The van der Waals surface area contributed by atoms with Crippen molar-refractivity contribution in [3.8, 4) is 5.69 Å². The molecule has 3 aromatic rings. The Morgan fingerprint density at radius 3 is 2.67 bits per heavy atom. The van der Waals surface area contributed by atoms with Gasteiger partial charge in [0.05, 0.1) is 16.6 Å². The zero-order chi connectivity index (χ0) is 20.7. The van der Waals surface area contributed by atoms with Crippen molar-refractivity contribution in [1.82, 2.24) is 20.2 Å². The number of benzene rings is 2. The second-order valence-corrected chi connectivity index (χ2v) is 8.27. The zero-order valence-electron chi connectivity index (χ0n) is 16.3. The van der Waals surface area contributed by atoms with Crippen molar-refractivity contribution in [2.45, 2.75) is 37.3 Å². The highest BCUT2D eigenvalue weighted by Crippen LogP contribution is 2.38. The summed E-state index contributed by atoms with van der Waals surface area (Å²) in [5.41, 5.74) is 1.81. The molecule has 6 nitrogen and oxygen atoms in total. The van der Waals surface area contributed by atoms with E-state index in [9.17, 15) is 9.59 Å². The van der Waals surface area contributed by atoms with Crippen molar-refractivity contribution < 1.29 is 9.59 Å². The lowest BCUT2D eigenvalue weighted by atomic mass is 10.0. The van der Waals surface area contributed by atoms with Gasteiger partial charge in [0, 0.05) is 18.1 Å². The normalized spacial score (nSPS) is 18.5. The minimum atomic E-state index is -0.882. The highest BCUT2D eigenvalue weighted by molar-refractivity contribution is 6.33. The molecule has 0 radical (unpaired) electrons. The third-order valence-corrected chi connectivity index (χ3v) is 6.23. The maximum atomic E-state index is 13.2. The molecular formula is C23H21ClN4O2. The Morgan fingerprint density at radius 1 is 1.10 bits per heavy atom. The SMILES string of the molecule is O=C(NC1(C(=O)N[C@@H]2CCc3ccccc3-n3ccnc32)CC1)c1ccccc1Cl. The summed E-state index contributed by atoms with van der Waals surface area (Å²) in [6.07, 6.45) is 6.47. The van der Waals surface area contributed by atoms with Crippen LogP contribution < -0.4 is 10.6 Å². The Kier molecular flexibility index (Phi) is 4.59. The molecule has 1 aromatic heterocycles. The summed E-state index contributed by atoms with van der Waals surface area (Å²) in [5.74, 6) is 0.304. The van der Waals surface area contributed by atoms with Gasteiger partial charge in [-0.15, -0.1) is 0 Å². The molecule has 2 amide bonds. The number of aryl methyl sites for hydroxylation is 1. The lowest BCUT2D eigenvalue weighted by Crippen LogP contribution is -2.50. The molecule has 0 spiro atoms. The largest absolute Gasteiger partial charge is 0.344 e. The first-order valence-corrected chi connectivity index (χ1v) is 10.4. The Labute approximate surface area is 179 Å². The summed E-state index contributed by atoms with van der Waals surface area (Å²) in [4.78, 5) is 30.4. The molecule has 1 atom stereocenters. The van der Waals surface area contributed by atoms with Crippen LogP contribution in [-0.2, 0) is 11.2 Å². The number of rotatable bonds is 4. The predicted molar refractivity (Wildman–Crippen MR) is 114 cm³/mol. The van der Waals surface area contributed by atoms with Crippen LogP contribution in [0.15, 0.2) is 60.9 Å². The van der Waals surface area contributed by atoms with E-state index in [0.717, 1.165) is 24.4 Å². The molecule has 1 aliphatic heterocycles. The number of amides is 2. The first kappa shape index (κ1) is 18.9. The number of halogens is 1. The number of nitrogens with one attached hydrogen (secondary N) is 2. The fourth-order valence-electron chi connectivity index (χ4n) is 4.06. The standard InChI is InChI=1S/C23H21ClN4O2/c24-17-7-3-2-6-16(17)21(29)27-23(11-12-23)22(30)26-18-10-9-15-5-1-4-8-19(15)28-14-13-25-20(18)28/h1-8,13-14,18H,9-12H2,(H,26,30)(H,27,29)/t18-/m1/s1. The van der Waals surface area contributed by atoms with Crippen molar-refractivity contribution in [2.75, 3.05) is 0 Å². The maximum absolute atomic E-state index is 13.2. The van der Waals surface area contributed by atoms with E-state index >= 15 is 0 Å². The molecule has 2 aliphatic rings. The minimum absolute atomic E-state index is 0.173. The van der Waals surface area contributed by atoms with Crippen LogP contribution >= 0.6 is 11.6 Å². The number of carbonyl (C=O) groups is 2.